The molecule has 0 spiro atoms. The summed E-state index contributed by atoms with van der Waals surface area (Å²) in [6, 6.07) is 20.4. The van der Waals surface area contributed by atoms with Gasteiger partial charge in [0.05, 0.1) is 25.6 Å². The molecule has 0 aliphatic rings. The summed E-state index contributed by atoms with van der Waals surface area (Å²) in [4.78, 5) is 26.8. The van der Waals surface area contributed by atoms with Crippen LogP contribution in [0.5, 0.6) is 23.1 Å². The molecule has 184 valence electrons. The Bertz CT molecular complexity index is 1510. The third-order valence-corrected chi connectivity index (χ3v) is 5.85. The van der Waals surface area contributed by atoms with E-state index in [1.54, 1.807) is 60.7 Å². The van der Waals surface area contributed by atoms with E-state index in [-0.39, 0.29) is 28.6 Å². The van der Waals surface area contributed by atoms with Crippen LogP contribution < -0.4 is 20.3 Å². The van der Waals surface area contributed by atoms with Gasteiger partial charge in [0.15, 0.2) is 21.8 Å². The Morgan fingerprint density at radius 3 is 1.89 bits per heavy atom. The fourth-order valence-electron chi connectivity index (χ4n) is 3.73. The SMILES string of the molecule is COc1cc(CNC(=O)c2c(O)n(-c3ccccc3)c(=S)n(-c3ccccc3)c2=O)cc(OC)c1O. The third kappa shape index (κ3) is 4.53. The first kappa shape index (κ1) is 24.6. The molecule has 36 heavy (non-hydrogen) atoms. The second kappa shape index (κ2) is 10.4. The van der Waals surface area contributed by atoms with Crippen molar-refractivity contribution in [1.82, 2.24) is 14.5 Å². The lowest BCUT2D eigenvalue weighted by atomic mass is 10.1. The summed E-state index contributed by atoms with van der Waals surface area (Å²) in [5, 5.41) is 23.9. The van der Waals surface area contributed by atoms with Crippen LogP contribution in [0.2, 0.25) is 0 Å². The molecule has 0 aliphatic heterocycles. The lowest BCUT2D eigenvalue weighted by Gasteiger charge is -2.17. The quantitative estimate of drug-likeness (QED) is 0.328. The monoisotopic (exact) mass is 505 g/mol. The van der Waals surface area contributed by atoms with Gasteiger partial charge in [-0.3, -0.25) is 18.7 Å². The minimum Gasteiger partial charge on any atom is -0.502 e. The van der Waals surface area contributed by atoms with Gasteiger partial charge < -0.3 is 25.0 Å². The number of nitrogens with zero attached hydrogens (tertiary/aromatic N) is 2. The first-order valence-electron chi connectivity index (χ1n) is 10.8. The van der Waals surface area contributed by atoms with Gasteiger partial charge >= 0.3 is 0 Å². The van der Waals surface area contributed by atoms with Crippen LogP contribution in [-0.4, -0.2) is 39.5 Å². The Labute approximate surface area is 211 Å². The van der Waals surface area contributed by atoms with Crippen LogP contribution in [0.1, 0.15) is 15.9 Å². The highest BCUT2D eigenvalue weighted by atomic mass is 32.1. The number of ether oxygens (including phenoxy) is 2. The highest BCUT2D eigenvalue weighted by Crippen LogP contribution is 2.37. The molecule has 0 saturated carbocycles. The van der Waals surface area contributed by atoms with Crippen LogP contribution in [0.15, 0.2) is 77.6 Å². The molecular formula is C26H23N3O6S. The summed E-state index contributed by atoms with van der Waals surface area (Å²) < 4.78 is 12.8. The number of hydrogen-bond acceptors (Lipinski definition) is 7. The number of para-hydroxylation sites is 2. The van der Waals surface area contributed by atoms with Crippen molar-refractivity contribution >= 4 is 18.1 Å². The van der Waals surface area contributed by atoms with Crippen LogP contribution in [0, 0.1) is 4.77 Å². The van der Waals surface area contributed by atoms with Gasteiger partial charge in [0.1, 0.15) is 0 Å². The summed E-state index contributed by atoms with van der Waals surface area (Å²) in [5.41, 5.74) is 0.211. The minimum atomic E-state index is -0.812. The van der Waals surface area contributed by atoms with Crippen LogP contribution >= 0.6 is 12.2 Å². The van der Waals surface area contributed by atoms with E-state index in [1.807, 2.05) is 0 Å². The number of methoxy groups -OCH3 is 2. The van der Waals surface area contributed by atoms with E-state index in [2.05, 4.69) is 5.32 Å². The Hall–Kier alpha value is -4.57. The molecule has 0 unspecified atom stereocenters. The largest absolute Gasteiger partial charge is 0.502 e. The summed E-state index contributed by atoms with van der Waals surface area (Å²) in [7, 11) is 2.78. The maximum atomic E-state index is 13.5. The number of phenolic OH excluding ortho intramolecular Hbond substituents is 1. The average Bonchev–Trinajstić information content (AvgIpc) is 2.89. The van der Waals surface area contributed by atoms with E-state index in [0.29, 0.717) is 16.9 Å². The van der Waals surface area contributed by atoms with Crippen LogP contribution in [-0.2, 0) is 6.54 Å². The van der Waals surface area contributed by atoms with E-state index < -0.39 is 22.9 Å². The summed E-state index contributed by atoms with van der Waals surface area (Å²) >= 11 is 5.57. The van der Waals surface area contributed by atoms with Crippen LogP contribution in [0.4, 0.5) is 0 Å². The van der Waals surface area contributed by atoms with Crippen molar-refractivity contribution in [3.05, 3.63) is 99.0 Å². The van der Waals surface area contributed by atoms with Gasteiger partial charge in [-0.05, 0) is 54.2 Å². The van der Waals surface area contributed by atoms with Crippen molar-refractivity contribution in [2.75, 3.05) is 14.2 Å². The number of amides is 1. The third-order valence-electron chi connectivity index (χ3n) is 5.48. The van der Waals surface area contributed by atoms with E-state index in [1.165, 1.54) is 35.5 Å². The second-order valence-electron chi connectivity index (χ2n) is 7.66. The zero-order chi connectivity index (χ0) is 25.8. The number of nitrogens with one attached hydrogen (secondary N) is 1. The fraction of sp³-hybridized carbons (Fsp3) is 0.115. The number of aromatic nitrogens is 2. The van der Waals surface area contributed by atoms with E-state index in [9.17, 15) is 19.8 Å². The van der Waals surface area contributed by atoms with E-state index in [4.69, 9.17) is 21.7 Å². The molecule has 3 aromatic carbocycles. The predicted molar refractivity (Wildman–Crippen MR) is 136 cm³/mol. The maximum absolute atomic E-state index is 13.5. The number of carbonyl (C=O) groups excluding carboxylic acids is 1. The lowest BCUT2D eigenvalue weighted by Crippen LogP contribution is -2.34. The van der Waals surface area contributed by atoms with Crippen LogP contribution in [0.3, 0.4) is 0 Å². The van der Waals surface area contributed by atoms with Gasteiger partial charge in [0.25, 0.3) is 11.5 Å². The van der Waals surface area contributed by atoms with Gasteiger partial charge in [-0.25, -0.2) is 0 Å². The molecule has 1 amide bonds. The smallest absolute Gasteiger partial charge is 0.275 e. The first-order chi connectivity index (χ1) is 17.4. The number of rotatable bonds is 7. The molecule has 0 fully saturated rings. The Morgan fingerprint density at radius 1 is 0.889 bits per heavy atom. The number of phenols is 1. The first-order valence-corrected chi connectivity index (χ1v) is 11.2. The highest BCUT2D eigenvalue weighted by Gasteiger charge is 2.24. The highest BCUT2D eigenvalue weighted by molar-refractivity contribution is 7.71. The molecule has 0 atom stereocenters. The Balaban J connectivity index is 1.82. The molecule has 4 aromatic rings. The van der Waals surface area contributed by atoms with E-state index in [0.717, 1.165) is 0 Å². The Morgan fingerprint density at radius 2 is 1.39 bits per heavy atom. The standard InChI is InChI=1S/C26H23N3O6S/c1-34-19-13-16(14-20(35-2)22(19)30)15-27-23(31)21-24(32)28(17-9-5-3-6-10-17)26(36)29(25(21)33)18-11-7-4-8-12-18/h3-14,30,32H,15H2,1-2H3,(H,27,31). The number of aromatic hydroxyl groups is 2. The van der Waals surface area contributed by atoms with Crippen molar-refractivity contribution in [3.8, 4) is 34.5 Å². The zero-order valence-electron chi connectivity index (χ0n) is 19.5. The van der Waals surface area contributed by atoms with Gasteiger partial charge in [-0.2, -0.15) is 0 Å². The topological polar surface area (TPSA) is 115 Å². The van der Waals surface area contributed by atoms with Crippen LogP contribution in [0.25, 0.3) is 11.4 Å². The molecule has 1 heterocycles. The number of hydrogen-bond donors (Lipinski definition) is 3. The molecule has 0 radical (unpaired) electrons. The summed E-state index contributed by atoms with van der Waals surface area (Å²) in [5.74, 6) is -1.26. The maximum Gasteiger partial charge on any atom is 0.275 e. The molecule has 10 heteroatoms. The number of carbonyl (C=O) groups is 1. The predicted octanol–water partition coefficient (Wildman–Crippen LogP) is 3.72. The number of benzene rings is 3. The fourth-order valence-corrected chi connectivity index (χ4v) is 4.11. The normalized spacial score (nSPS) is 10.6. The van der Waals surface area contributed by atoms with Crippen molar-refractivity contribution in [2.45, 2.75) is 6.54 Å². The summed E-state index contributed by atoms with van der Waals surface area (Å²) in [6.45, 7) is -0.0446. The molecule has 1 aromatic heterocycles. The zero-order valence-corrected chi connectivity index (χ0v) is 20.3. The van der Waals surface area contributed by atoms with E-state index >= 15 is 0 Å². The summed E-state index contributed by atoms with van der Waals surface area (Å²) in [6.07, 6.45) is 0. The average molecular weight is 506 g/mol. The molecule has 0 bridgehead atoms. The van der Waals surface area contributed by atoms with Gasteiger partial charge in [-0.1, -0.05) is 36.4 Å². The van der Waals surface area contributed by atoms with Gasteiger partial charge in [0.2, 0.25) is 11.6 Å². The minimum absolute atomic E-state index is 0.000502. The van der Waals surface area contributed by atoms with Crippen molar-refractivity contribution < 1.29 is 24.5 Å². The van der Waals surface area contributed by atoms with Crippen molar-refractivity contribution in [3.63, 3.8) is 0 Å². The molecule has 3 N–H and O–H groups in total. The van der Waals surface area contributed by atoms with Gasteiger partial charge in [-0.15, -0.1) is 0 Å². The van der Waals surface area contributed by atoms with Crippen molar-refractivity contribution in [1.29, 1.82) is 0 Å². The van der Waals surface area contributed by atoms with Gasteiger partial charge in [0, 0.05) is 6.54 Å². The molecule has 0 saturated heterocycles. The molecular weight excluding hydrogens is 482 g/mol. The second-order valence-corrected chi connectivity index (χ2v) is 8.03. The molecule has 4 rings (SSSR count). The molecule has 9 nitrogen and oxygen atoms in total. The van der Waals surface area contributed by atoms with Crippen molar-refractivity contribution in [2.24, 2.45) is 0 Å². The Kier molecular flexibility index (Phi) is 7.07. The lowest BCUT2D eigenvalue weighted by molar-refractivity contribution is 0.0944. The molecule has 0 aliphatic carbocycles.